The number of amides is 1. The molecule has 1 saturated heterocycles. The Balaban J connectivity index is 2.09. The molecule has 1 aromatic rings. The highest BCUT2D eigenvalue weighted by atomic mass is 32.2. The maximum Gasteiger partial charge on any atom is 0.251 e. The second-order valence-corrected chi connectivity index (χ2v) is 7.89. The van der Waals surface area contributed by atoms with Crippen LogP contribution in [0.25, 0.3) is 0 Å². The number of nitrogens with one attached hydrogen (secondary N) is 2. The molecular weight excluding hydrogens is 326 g/mol. The van der Waals surface area contributed by atoms with Crippen molar-refractivity contribution in [1.82, 2.24) is 14.9 Å². The van der Waals surface area contributed by atoms with E-state index in [2.05, 4.69) is 10.6 Å². The van der Waals surface area contributed by atoms with Crippen molar-refractivity contribution in [3.63, 3.8) is 0 Å². The van der Waals surface area contributed by atoms with Crippen molar-refractivity contribution in [1.29, 1.82) is 0 Å². The molecular formula is C17H27N3O3S. The molecule has 1 aliphatic heterocycles. The minimum absolute atomic E-state index is 0.198. The molecule has 0 saturated carbocycles. The number of sulfonamides is 1. The largest absolute Gasteiger partial charge is 0.351 e. The number of carbonyl (C=O) groups is 1. The van der Waals surface area contributed by atoms with Crippen LogP contribution in [0.2, 0.25) is 0 Å². The Bertz CT molecular complexity index is 638. The first-order valence-corrected chi connectivity index (χ1v) is 10.1. The summed E-state index contributed by atoms with van der Waals surface area (Å²) in [5.41, 5.74) is 0.377. The van der Waals surface area contributed by atoms with E-state index in [1.54, 1.807) is 22.5 Å². The first-order chi connectivity index (χ1) is 11.6. The molecule has 1 amide bonds. The van der Waals surface area contributed by atoms with E-state index in [0.29, 0.717) is 31.7 Å². The zero-order valence-corrected chi connectivity index (χ0v) is 15.1. The van der Waals surface area contributed by atoms with Crippen LogP contribution in [-0.4, -0.2) is 51.4 Å². The first kappa shape index (κ1) is 18.9. The lowest BCUT2D eigenvalue weighted by molar-refractivity contribution is 0.0953. The van der Waals surface area contributed by atoms with E-state index < -0.39 is 10.0 Å². The predicted octanol–water partition coefficient (Wildman–Crippen LogP) is 1.59. The number of rotatable bonds is 7. The Morgan fingerprint density at radius 2 is 1.83 bits per heavy atom. The van der Waals surface area contributed by atoms with Crippen molar-refractivity contribution >= 4 is 15.9 Å². The molecule has 24 heavy (non-hydrogen) atoms. The molecule has 0 aromatic heterocycles. The molecule has 2 N–H and O–H groups in total. The number of likely N-dealkylation sites (N-methyl/N-ethyl adjacent to an activating group) is 1. The zero-order valence-electron chi connectivity index (χ0n) is 14.3. The van der Waals surface area contributed by atoms with Crippen molar-refractivity contribution < 1.29 is 13.2 Å². The van der Waals surface area contributed by atoms with E-state index in [4.69, 9.17) is 0 Å². The first-order valence-electron chi connectivity index (χ1n) is 8.65. The molecule has 0 aliphatic carbocycles. The normalized spacial score (nSPS) is 16.5. The van der Waals surface area contributed by atoms with Crippen LogP contribution in [0.4, 0.5) is 0 Å². The smallest absolute Gasteiger partial charge is 0.251 e. The molecule has 0 radical (unpaired) electrons. The van der Waals surface area contributed by atoms with E-state index in [9.17, 15) is 13.2 Å². The summed E-state index contributed by atoms with van der Waals surface area (Å²) in [6.45, 7) is 5.16. The lowest BCUT2D eigenvalue weighted by Crippen LogP contribution is -2.33. The minimum Gasteiger partial charge on any atom is -0.351 e. The summed E-state index contributed by atoms with van der Waals surface area (Å²) in [5.74, 6) is -0.249. The third-order valence-electron chi connectivity index (χ3n) is 4.14. The molecule has 0 spiro atoms. The number of benzene rings is 1. The van der Waals surface area contributed by atoms with Gasteiger partial charge < -0.3 is 10.6 Å². The van der Waals surface area contributed by atoms with Crippen LogP contribution in [-0.2, 0) is 10.0 Å². The van der Waals surface area contributed by atoms with Crippen LogP contribution in [0.3, 0.4) is 0 Å². The van der Waals surface area contributed by atoms with Crippen molar-refractivity contribution in [2.24, 2.45) is 0 Å². The lowest BCUT2D eigenvalue weighted by atomic mass is 10.2. The fourth-order valence-electron chi connectivity index (χ4n) is 2.77. The Labute approximate surface area is 144 Å². The van der Waals surface area contributed by atoms with Gasteiger partial charge in [0.2, 0.25) is 10.0 Å². The van der Waals surface area contributed by atoms with Gasteiger partial charge in [-0.05, 0) is 37.6 Å². The van der Waals surface area contributed by atoms with Gasteiger partial charge in [-0.1, -0.05) is 25.8 Å². The van der Waals surface area contributed by atoms with Gasteiger partial charge in [0, 0.05) is 31.7 Å². The van der Waals surface area contributed by atoms with Gasteiger partial charge in [-0.15, -0.1) is 0 Å². The van der Waals surface area contributed by atoms with E-state index >= 15 is 0 Å². The average Bonchev–Trinajstić information content (AvgIpc) is 2.88. The van der Waals surface area contributed by atoms with E-state index in [1.165, 1.54) is 6.07 Å². The highest BCUT2D eigenvalue weighted by Gasteiger charge is 2.25. The number of carbonyl (C=O) groups excluding carboxylic acids is 1. The molecule has 1 aliphatic rings. The molecule has 0 atom stereocenters. The van der Waals surface area contributed by atoms with Gasteiger partial charge in [0.15, 0.2) is 0 Å². The zero-order chi connectivity index (χ0) is 17.4. The van der Waals surface area contributed by atoms with Gasteiger partial charge >= 0.3 is 0 Å². The van der Waals surface area contributed by atoms with Crippen LogP contribution >= 0.6 is 0 Å². The van der Waals surface area contributed by atoms with Gasteiger partial charge in [0.05, 0.1) is 4.90 Å². The van der Waals surface area contributed by atoms with Gasteiger partial charge in [0.25, 0.3) is 5.91 Å². The van der Waals surface area contributed by atoms with Crippen molar-refractivity contribution in [2.75, 3.05) is 32.7 Å². The quantitative estimate of drug-likeness (QED) is 0.730. The third kappa shape index (κ3) is 5.03. The fraction of sp³-hybridized carbons (Fsp3) is 0.588. The Morgan fingerprint density at radius 3 is 2.50 bits per heavy atom. The Morgan fingerprint density at radius 1 is 1.12 bits per heavy atom. The summed E-state index contributed by atoms with van der Waals surface area (Å²) in [5, 5.41) is 5.91. The molecule has 1 aromatic carbocycles. The maximum atomic E-state index is 12.8. The SMILES string of the molecule is CCNCCNC(=O)c1cccc(S(=O)(=O)N2CCCCCC2)c1. The number of hydrogen-bond acceptors (Lipinski definition) is 4. The van der Waals surface area contributed by atoms with Crippen molar-refractivity contribution in [2.45, 2.75) is 37.5 Å². The average molecular weight is 353 g/mol. The standard InChI is InChI=1S/C17H27N3O3S/c1-2-18-10-11-19-17(21)15-8-7-9-16(14-15)24(22,23)20-12-5-3-4-6-13-20/h7-9,14,18H,2-6,10-13H2,1H3,(H,19,21). The van der Waals surface area contributed by atoms with Crippen LogP contribution in [0, 0.1) is 0 Å². The molecule has 1 fully saturated rings. The molecule has 7 heteroatoms. The van der Waals surface area contributed by atoms with Gasteiger partial charge in [-0.2, -0.15) is 4.31 Å². The minimum atomic E-state index is -3.53. The van der Waals surface area contributed by atoms with Crippen LogP contribution in [0.15, 0.2) is 29.2 Å². The molecule has 1 heterocycles. The summed E-state index contributed by atoms with van der Waals surface area (Å²) >= 11 is 0. The van der Waals surface area contributed by atoms with Crippen molar-refractivity contribution in [3.8, 4) is 0 Å². The highest BCUT2D eigenvalue weighted by Crippen LogP contribution is 2.21. The summed E-state index contributed by atoms with van der Waals surface area (Å²) in [6, 6.07) is 6.31. The molecule has 2 rings (SSSR count). The van der Waals surface area contributed by atoms with Gasteiger partial charge in [-0.25, -0.2) is 8.42 Å². The molecule has 0 bridgehead atoms. The number of nitrogens with zero attached hydrogens (tertiary/aromatic N) is 1. The number of hydrogen-bond donors (Lipinski definition) is 2. The van der Waals surface area contributed by atoms with Crippen molar-refractivity contribution in [3.05, 3.63) is 29.8 Å². The van der Waals surface area contributed by atoms with E-state index in [0.717, 1.165) is 32.2 Å². The summed E-state index contributed by atoms with van der Waals surface area (Å²) < 4.78 is 27.1. The monoisotopic (exact) mass is 353 g/mol. The van der Waals surface area contributed by atoms with E-state index in [1.807, 2.05) is 6.92 Å². The molecule has 134 valence electrons. The highest BCUT2D eigenvalue weighted by molar-refractivity contribution is 7.89. The third-order valence-corrected chi connectivity index (χ3v) is 6.03. The summed E-state index contributed by atoms with van der Waals surface area (Å²) in [7, 11) is -3.53. The summed E-state index contributed by atoms with van der Waals surface area (Å²) in [4.78, 5) is 12.4. The molecule has 0 unspecified atom stereocenters. The van der Waals surface area contributed by atoms with Crippen LogP contribution < -0.4 is 10.6 Å². The second kappa shape index (κ2) is 9.15. The molecule has 6 nitrogen and oxygen atoms in total. The van der Waals surface area contributed by atoms with Gasteiger partial charge in [0.1, 0.15) is 0 Å². The van der Waals surface area contributed by atoms with E-state index in [-0.39, 0.29) is 10.8 Å². The Kier molecular flexibility index (Phi) is 7.20. The van der Waals surface area contributed by atoms with Crippen LogP contribution in [0.5, 0.6) is 0 Å². The predicted molar refractivity (Wildman–Crippen MR) is 94.5 cm³/mol. The van der Waals surface area contributed by atoms with Crippen LogP contribution in [0.1, 0.15) is 43.0 Å². The summed E-state index contributed by atoms with van der Waals surface area (Å²) in [6.07, 6.45) is 3.92. The lowest BCUT2D eigenvalue weighted by Gasteiger charge is -2.20. The topological polar surface area (TPSA) is 78.5 Å². The fourth-order valence-corrected chi connectivity index (χ4v) is 4.34. The second-order valence-electron chi connectivity index (χ2n) is 5.96. The van der Waals surface area contributed by atoms with Gasteiger partial charge in [-0.3, -0.25) is 4.79 Å². The Hall–Kier alpha value is -1.44. The maximum absolute atomic E-state index is 12.8.